The first-order valence-electron chi connectivity index (χ1n) is 6.53. The molecule has 0 amide bonds. The Labute approximate surface area is 116 Å². The van der Waals surface area contributed by atoms with Crippen LogP contribution in [0.15, 0.2) is 36.8 Å². The van der Waals surface area contributed by atoms with Gasteiger partial charge in [-0.05, 0) is 13.0 Å². The Hall–Kier alpha value is -2.63. The summed E-state index contributed by atoms with van der Waals surface area (Å²) in [6, 6.07) is 7.91. The third-order valence-corrected chi connectivity index (χ3v) is 3.26. The summed E-state index contributed by atoms with van der Waals surface area (Å²) in [5.74, 6) is 0.882. The Morgan fingerprint density at radius 1 is 1.30 bits per heavy atom. The molecule has 102 valence electrons. The van der Waals surface area contributed by atoms with E-state index in [4.69, 9.17) is 5.73 Å². The molecule has 3 rings (SSSR count). The average molecular weight is 268 g/mol. The molecule has 1 aromatic carbocycles. The highest BCUT2D eigenvalue weighted by Crippen LogP contribution is 2.27. The van der Waals surface area contributed by atoms with E-state index in [0.29, 0.717) is 12.2 Å². The fraction of sp³-hybridized carbons (Fsp3) is 0.214. The maximum atomic E-state index is 6.03. The minimum Gasteiger partial charge on any atom is -0.396 e. The lowest BCUT2D eigenvalue weighted by Gasteiger charge is -2.12. The molecule has 3 N–H and O–H groups in total. The van der Waals surface area contributed by atoms with Crippen LogP contribution in [0.25, 0.3) is 10.9 Å². The highest BCUT2D eigenvalue weighted by Gasteiger charge is 2.08. The van der Waals surface area contributed by atoms with E-state index in [1.165, 1.54) is 0 Å². The van der Waals surface area contributed by atoms with Gasteiger partial charge in [-0.3, -0.25) is 4.98 Å². The number of hydrogen-bond acceptors (Lipinski definition) is 5. The zero-order valence-electron chi connectivity index (χ0n) is 11.2. The number of nitrogens with two attached hydrogens (primary N) is 1. The molecule has 2 heterocycles. The lowest BCUT2D eigenvalue weighted by molar-refractivity contribution is 0.708. The lowest BCUT2D eigenvalue weighted by atomic mass is 10.1. The van der Waals surface area contributed by atoms with Crippen LogP contribution in [0, 0.1) is 0 Å². The van der Waals surface area contributed by atoms with Gasteiger partial charge in [-0.1, -0.05) is 18.2 Å². The van der Waals surface area contributed by atoms with Crippen molar-refractivity contribution in [2.45, 2.75) is 20.0 Å². The summed E-state index contributed by atoms with van der Waals surface area (Å²) in [6.45, 7) is 3.48. The summed E-state index contributed by atoms with van der Waals surface area (Å²) in [5, 5.41) is 12.4. The molecule has 20 heavy (non-hydrogen) atoms. The first kappa shape index (κ1) is 12.4. The van der Waals surface area contributed by atoms with E-state index in [0.717, 1.165) is 29.0 Å². The van der Waals surface area contributed by atoms with Crippen LogP contribution >= 0.6 is 0 Å². The molecule has 0 aliphatic heterocycles. The Kier molecular flexibility index (Phi) is 3.20. The van der Waals surface area contributed by atoms with Crippen LogP contribution in [0.3, 0.4) is 0 Å². The van der Waals surface area contributed by atoms with E-state index >= 15 is 0 Å². The quantitative estimate of drug-likeness (QED) is 0.756. The van der Waals surface area contributed by atoms with E-state index in [1.807, 2.05) is 28.8 Å². The van der Waals surface area contributed by atoms with E-state index in [2.05, 4.69) is 27.4 Å². The Balaban J connectivity index is 1.93. The maximum absolute atomic E-state index is 6.03. The number of fused-ring (bicyclic) bond motifs is 1. The molecule has 0 bridgehead atoms. The number of hydrogen-bond donors (Lipinski definition) is 2. The SMILES string of the molecule is CCn1cnnc1CNc1c(N)cnc2ccccc12. The standard InChI is InChI=1S/C14H16N6/c1-2-20-9-18-19-13(20)8-17-14-10-5-3-4-6-12(10)16-7-11(14)15/h3-7,9H,2,8,15H2,1H3,(H,16,17). The van der Waals surface area contributed by atoms with Gasteiger partial charge in [-0.25, -0.2) is 0 Å². The average Bonchev–Trinajstić information content (AvgIpc) is 2.94. The number of nitrogen functional groups attached to an aromatic ring is 1. The smallest absolute Gasteiger partial charge is 0.152 e. The van der Waals surface area contributed by atoms with Gasteiger partial charge in [0.1, 0.15) is 6.33 Å². The van der Waals surface area contributed by atoms with Crippen LogP contribution in [-0.4, -0.2) is 19.7 Å². The monoisotopic (exact) mass is 268 g/mol. The molecular weight excluding hydrogens is 252 g/mol. The van der Waals surface area contributed by atoms with Crippen LogP contribution in [0.2, 0.25) is 0 Å². The number of benzene rings is 1. The fourth-order valence-corrected chi connectivity index (χ4v) is 2.20. The molecule has 0 fully saturated rings. The van der Waals surface area contributed by atoms with Gasteiger partial charge in [0.25, 0.3) is 0 Å². The van der Waals surface area contributed by atoms with Crippen molar-refractivity contribution in [2.24, 2.45) is 0 Å². The van der Waals surface area contributed by atoms with Crippen molar-refractivity contribution in [2.75, 3.05) is 11.1 Å². The van der Waals surface area contributed by atoms with Gasteiger partial charge in [-0.2, -0.15) is 0 Å². The number of para-hydroxylation sites is 1. The van der Waals surface area contributed by atoms with E-state index in [-0.39, 0.29) is 0 Å². The van der Waals surface area contributed by atoms with E-state index in [1.54, 1.807) is 12.5 Å². The summed E-state index contributed by atoms with van der Waals surface area (Å²) in [5.41, 5.74) is 8.47. The molecule has 0 radical (unpaired) electrons. The minimum atomic E-state index is 0.575. The molecule has 3 aromatic rings. The van der Waals surface area contributed by atoms with E-state index < -0.39 is 0 Å². The number of nitrogens with one attached hydrogen (secondary N) is 1. The van der Waals surface area contributed by atoms with Crippen molar-refractivity contribution >= 4 is 22.3 Å². The number of anilines is 2. The second kappa shape index (κ2) is 5.16. The summed E-state index contributed by atoms with van der Waals surface area (Å²) in [4.78, 5) is 4.32. The van der Waals surface area contributed by atoms with Crippen molar-refractivity contribution in [1.29, 1.82) is 0 Å². The molecule has 6 nitrogen and oxygen atoms in total. The molecule has 6 heteroatoms. The summed E-state index contributed by atoms with van der Waals surface area (Å²) in [7, 11) is 0. The Bertz CT molecular complexity index is 733. The van der Waals surface area contributed by atoms with E-state index in [9.17, 15) is 0 Å². The molecule has 0 aliphatic rings. The highest BCUT2D eigenvalue weighted by atomic mass is 15.3. The van der Waals surface area contributed by atoms with Crippen LogP contribution in [-0.2, 0) is 13.1 Å². The van der Waals surface area contributed by atoms with Crippen LogP contribution in [0.1, 0.15) is 12.7 Å². The lowest BCUT2D eigenvalue weighted by Crippen LogP contribution is -2.09. The largest absolute Gasteiger partial charge is 0.396 e. The zero-order valence-corrected chi connectivity index (χ0v) is 11.2. The normalized spacial score (nSPS) is 10.8. The third kappa shape index (κ3) is 2.16. The van der Waals surface area contributed by atoms with Crippen molar-refractivity contribution in [3.05, 3.63) is 42.6 Å². The first-order chi connectivity index (χ1) is 9.79. The van der Waals surface area contributed by atoms with Gasteiger partial charge in [-0.15, -0.1) is 10.2 Å². The Morgan fingerprint density at radius 3 is 3.00 bits per heavy atom. The zero-order chi connectivity index (χ0) is 13.9. The maximum Gasteiger partial charge on any atom is 0.152 e. The summed E-state index contributed by atoms with van der Waals surface area (Å²) >= 11 is 0. The topological polar surface area (TPSA) is 81.7 Å². The predicted octanol–water partition coefficient (Wildman–Crippen LogP) is 2.04. The van der Waals surface area contributed by atoms with Crippen LogP contribution < -0.4 is 11.1 Å². The summed E-state index contributed by atoms with van der Waals surface area (Å²) in [6.07, 6.45) is 3.40. The van der Waals surface area contributed by atoms with Crippen molar-refractivity contribution in [3.63, 3.8) is 0 Å². The predicted molar refractivity (Wildman–Crippen MR) is 79.2 cm³/mol. The molecule has 2 aromatic heterocycles. The highest BCUT2D eigenvalue weighted by molar-refractivity contribution is 5.96. The van der Waals surface area contributed by atoms with Gasteiger partial charge in [0.05, 0.1) is 29.6 Å². The second-order valence-corrected chi connectivity index (χ2v) is 4.49. The van der Waals surface area contributed by atoms with Crippen LogP contribution in [0.4, 0.5) is 11.4 Å². The summed E-state index contributed by atoms with van der Waals surface area (Å²) < 4.78 is 1.99. The van der Waals surface area contributed by atoms with Crippen LogP contribution in [0.5, 0.6) is 0 Å². The molecular formula is C14H16N6. The van der Waals surface area contributed by atoms with Gasteiger partial charge < -0.3 is 15.6 Å². The van der Waals surface area contributed by atoms with Gasteiger partial charge in [0, 0.05) is 11.9 Å². The van der Waals surface area contributed by atoms with Gasteiger partial charge in [0.15, 0.2) is 5.82 Å². The van der Waals surface area contributed by atoms with Crippen molar-refractivity contribution in [1.82, 2.24) is 19.7 Å². The molecule has 0 spiro atoms. The molecule has 0 aliphatic carbocycles. The Morgan fingerprint density at radius 2 is 2.15 bits per heavy atom. The molecule has 0 saturated heterocycles. The number of nitrogens with zero attached hydrogens (tertiary/aromatic N) is 4. The number of aryl methyl sites for hydroxylation is 1. The molecule has 0 saturated carbocycles. The fourth-order valence-electron chi connectivity index (χ4n) is 2.20. The van der Waals surface area contributed by atoms with Gasteiger partial charge in [0.2, 0.25) is 0 Å². The minimum absolute atomic E-state index is 0.575. The molecule has 0 atom stereocenters. The second-order valence-electron chi connectivity index (χ2n) is 4.49. The number of pyridine rings is 1. The number of rotatable bonds is 4. The third-order valence-electron chi connectivity index (χ3n) is 3.26. The van der Waals surface area contributed by atoms with Crippen molar-refractivity contribution in [3.8, 4) is 0 Å². The first-order valence-corrected chi connectivity index (χ1v) is 6.53. The number of aromatic nitrogens is 4. The van der Waals surface area contributed by atoms with Crippen molar-refractivity contribution < 1.29 is 0 Å². The van der Waals surface area contributed by atoms with Gasteiger partial charge >= 0.3 is 0 Å². The molecule has 0 unspecified atom stereocenters.